The Morgan fingerprint density at radius 1 is 1.30 bits per heavy atom. The van der Waals surface area contributed by atoms with Crippen molar-refractivity contribution in [2.75, 3.05) is 5.32 Å². The Balaban J connectivity index is 2.70. The molecule has 4 N–H and O–H groups in total. The molecule has 108 valence electrons. The fourth-order valence-corrected chi connectivity index (χ4v) is 1.46. The Morgan fingerprint density at radius 3 is 2.45 bits per heavy atom. The van der Waals surface area contributed by atoms with Crippen molar-refractivity contribution in [1.82, 2.24) is 5.32 Å². The van der Waals surface area contributed by atoms with Gasteiger partial charge in [0.05, 0.1) is 6.42 Å². The molecule has 0 unspecified atom stereocenters. The average Bonchev–Trinajstić information content (AvgIpc) is 2.31. The first kappa shape index (κ1) is 15.4. The van der Waals surface area contributed by atoms with Crippen molar-refractivity contribution >= 4 is 23.7 Å². The molecule has 2 amide bonds. The van der Waals surface area contributed by atoms with Crippen LogP contribution in [0.2, 0.25) is 0 Å². The lowest BCUT2D eigenvalue weighted by Crippen LogP contribution is -2.44. The number of carbonyl (C=O) groups excluding carboxylic acids is 1. The molecule has 0 spiro atoms. The van der Waals surface area contributed by atoms with Crippen molar-refractivity contribution in [1.29, 1.82) is 0 Å². The summed E-state index contributed by atoms with van der Waals surface area (Å²) in [4.78, 5) is 32.8. The Morgan fingerprint density at radius 2 is 1.95 bits per heavy atom. The quantitative estimate of drug-likeness (QED) is 0.648. The van der Waals surface area contributed by atoms with E-state index in [0.29, 0.717) is 11.3 Å². The minimum Gasteiger partial charge on any atom is -0.481 e. The highest BCUT2D eigenvalue weighted by Gasteiger charge is 2.23. The van der Waals surface area contributed by atoms with Gasteiger partial charge < -0.3 is 20.8 Å². The molecule has 0 fully saturated rings. The SMILES string of the molecule is Cc1cc(F)ccc1NC(=O)N[C@@H](CC(=O)O)C(=O)O. The van der Waals surface area contributed by atoms with E-state index in [1.807, 2.05) is 5.32 Å². The monoisotopic (exact) mass is 284 g/mol. The van der Waals surface area contributed by atoms with E-state index in [2.05, 4.69) is 5.32 Å². The molecular formula is C12H13FN2O5. The van der Waals surface area contributed by atoms with Crippen LogP contribution < -0.4 is 10.6 Å². The first-order valence-corrected chi connectivity index (χ1v) is 5.58. The van der Waals surface area contributed by atoms with Crippen LogP contribution in [0, 0.1) is 12.7 Å². The fraction of sp³-hybridized carbons (Fsp3) is 0.250. The van der Waals surface area contributed by atoms with Gasteiger partial charge in [-0.15, -0.1) is 0 Å². The predicted molar refractivity (Wildman–Crippen MR) is 67.0 cm³/mol. The summed E-state index contributed by atoms with van der Waals surface area (Å²) >= 11 is 0. The van der Waals surface area contributed by atoms with Gasteiger partial charge in [0.15, 0.2) is 0 Å². The molecule has 0 radical (unpaired) electrons. The number of hydrogen-bond acceptors (Lipinski definition) is 3. The zero-order valence-corrected chi connectivity index (χ0v) is 10.5. The molecule has 1 aromatic carbocycles. The molecule has 0 aliphatic heterocycles. The molecule has 0 heterocycles. The number of aryl methyl sites for hydroxylation is 1. The number of urea groups is 1. The zero-order chi connectivity index (χ0) is 15.3. The molecule has 8 heteroatoms. The summed E-state index contributed by atoms with van der Waals surface area (Å²) in [7, 11) is 0. The van der Waals surface area contributed by atoms with Crippen molar-refractivity contribution in [3.63, 3.8) is 0 Å². The highest BCUT2D eigenvalue weighted by Crippen LogP contribution is 2.15. The third-order valence-corrected chi connectivity index (χ3v) is 2.42. The minimum atomic E-state index is -1.55. The van der Waals surface area contributed by atoms with Gasteiger partial charge in [0.1, 0.15) is 11.9 Å². The summed E-state index contributed by atoms with van der Waals surface area (Å²) in [5.74, 6) is -3.28. The van der Waals surface area contributed by atoms with Crippen LogP contribution in [0.3, 0.4) is 0 Å². The van der Waals surface area contributed by atoms with E-state index in [1.54, 1.807) is 6.92 Å². The number of carboxylic acids is 2. The van der Waals surface area contributed by atoms with E-state index >= 15 is 0 Å². The molecule has 1 aromatic rings. The van der Waals surface area contributed by atoms with Gasteiger partial charge in [-0.25, -0.2) is 14.0 Å². The predicted octanol–water partition coefficient (Wildman–Crippen LogP) is 1.18. The number of nitrogens with one attached hydrogen (secondary N) is 2. The largest absolute Gasteiger partial charge is 0.481 e. The molecule has 7 nitrogen and oxygen atoms in total. The smallest absolute Gasteiger partial charge is 0.326 e. The molecule has 0 aromatic heterocycles. The van der Waals surface area contributed by atoms with Crippen LogP contribution in [0.25, 0.3) is 0 Å². The molecule has 0 bridgehead atoms. The maximum atomic E-state index is 12.9. The molecular weight excluding hydrogens is 271 g/mol. The van der Waals surface area contributed by atoms with Crippen LogP contribution in [0.4, 0.5) is 14.9 Å². The Labute approximate surface area is 113 Å². The highest BCUT2D eigenvalue weighted by atomic mass is 19.1. The van der Waals surface area contributed by atoms with Gasteiger partial charge in [0.25, 0.3) is 0 Å². The van der Waals surface area contributed by atoms with Gasteiger partial charge in [-0.05, 0) is 30.7 Å². The number of benzene rings is 1. The summed E-state index contributed by atoms with van der Waals surface area (Å²) in [5, 5.41) is 21.6. The summed E-state index contributed by atoms with van der Waals surface area (Å²) in [6, 6.07) is 1.22. The van der Waals surface area contributed by atoms with Crippen molar-refractivity contribution in [3.05, 3.63) is 29.6 Å². The van der Waals surface area contributed by atoms with Gasteiger partial charge in [0.2, 0.25) is 0 Å². The number of amides is 2. The first-order chi connectivity index (χ1) is 9.29. The van der Waals surface area contributed by atoms with E-state index in [4.69, 9.17) is 10.2 Å². The third-order valence-electron chi connectivity index (χ3n) is 2.42. The molecule has 1 atom stereocenters. The van der Waals surface area contributed by atoms with E-state index in [0.717, 1.165) is 6.07 Å². The van der Waals surface area contributed by atoms with Gasteiger partial charge in [-0.2, -0.15) is 0 Å². The molecule has 0 aliphatic rings. The van der Waals surface area contributed by atoms with E-state index in [9.17, 15) is 18.8 Å². The third kappa shape index (κ3) is 4.56. The van der Waals surface area contributed by atoms with Crippen LogP contribution in [0.5, 0.6) is 0 Å². The number of carboxylic acid groups (broad SMARTS) is 2. The van der Waals surface area contributed by atoms with Gasteiger partial charge in [-0.3, -0.25) is 4.79 Å². The number of hydrogen-bond donors (Lipinski definition) is 4. The van der Waals surface area contributed by atoms with Crippen molar-refractivity contribution in [3.8, 4) is 0 Å². The van der Waals surface area contributed by atoms with Crippen molar-refractivity contribution in [2.24, 2.45) is 0 Å². The standard InChI is InChI=1S/C12H13FN2O5/c1-6-4-7(13)2-3-8(6)14-12(20)15-9(11(18)19)5-10(16)17/h2-4,9H,5H2,1H3,(H,16,17)(H,18,19)(H2,14,15,20)/t9-/m0/s1. The molecule has 0 saturated carbocycles. The maximum absolute atomic E-state index is 12.9. The number of anilines is 1. The first-order valence-electron chi connectivity index (χ1n) is 5.58. The Bertz CT molecular complexity index is 547. The average molecular weight is 284 g/mol. The van der Waals surface area contributed by atoms with E-state index in [-0.39, 0.29) is 0 Å². The number of rotatable bonds is 5. The van der Waals surface area contributed by atoms with Crippen LogP contribution in [-0.4, -0.2) is 34.2 Å². The van der Waals surface area contributed by atoms with Crippen LogP contribution in [0.1, 0.15) is 12.0 Å². The second-order valence-electron chi connectivity index (χ2n) is 4.05. The van der Waals surface area contributed by atoms with Crippen molar-refractivity contribution < 1.29 is 29.0 Å². The van der Waals surface area contributed by atoms with Crippen LogP contribution in [-0.2, 0) is 9.59 Å². The summed E-state index contributed by atoms with van der Waals surface area (Å²) in [6.45, 7) is 1.56. The zero-order valence-electron chi connectivity index (χ0n) is 10.5. The maximum Gasteiger partial charge on any atom is 0.326 e. The highest BCUT2D eigenvalue weighted by molar-refractivity contribution is 5.93. The number of aliphatic carboxylic acids is 2. The topological polar surface area (TPSA) is 116 Å². The summed E-state index contributed by atoms with van der Waals surface area (Å²) in [5.41, 5.74) is 0.744. The van der Waals surface area contributed by atoms with E-state index < -0.39 is 36.2 Å². The number of carbonyl (C=O) groups is 3. The Hall–Kier alpha value is -2.64. The van der Waals surface area contributed by atoms with Crippen molar-refractivity contribution in [2.45, 2.75) is 19.4 Å². The Kier molecular flexibility index (Phi) is 5.01. The fourth-order valence-electron chi connectivity index (χ4n) is 1.46. The van der Waals surface area contributed by atoms with Gasteiger partial charge in [-0.1, -0.05) is 0 Å². The lowest BCUT2D eigenvalue weighted by atomic mass is 10.2. The normalized spacial score (nSPS) is 11.5. The van der Waals surface area contributed by atoms with Gasteiger partial charge >= 0.3 is 18.0 Å². The molecule has 20 heavy (non-hydrogen) atoms. The minimum absolute atomic E-state index is 0.295. The van der Waals surface area contributed by atoms with Crippen LogP contribution >= 0.6 is 0 Å². The molecule has 0 aliphatic carbocycles. The lowest BCUT2D eigenvalue weighted by Gasteiger charge is -2.14. The second kappa shape index (κ2) is 6.50. The summed E-state index contributed by atoms with van der Waals surface area (Å²) in [6.07, 6.45) is -0.745. The lowest BCUT2D eigenvalue weighted by molar-refractivity contribution is -0.145. The van der Waals surface area contributed by atoms with E-state index in [1.165, 1.54) is 12.1 Å². The van der Waals surface area contributed by atoms with Crippen LogP contribution in [0.15, 0.2) is 18.2 Å². The second-order valence-corrected chi connectivity index (χ2v) is 4.05. The summed E-state index contributed by atoms with van der Waals surface area (Å²) < 4.78 is 12.9. The van der Waals surface area contributed by atoms with Gasteiger partial charge in [0, 0.05) is 5.69 Å². The molecule has 1 rings (SSSR count). The molecule has 0 saturated heterocycles. The number of halogens is 1.